The Balaban J connectivity index is 2.04. The number of ketones is 1. The second kappa shape index (κ2) is 7.22. The standard InChI is InChI=1S/C16H22N2O3/c1-2-21-16(20)13-7-6-12(10-14(13)17)15(19)11-18-8-4-3-5-9-18/h6-7,10H,2-5,8-9,11,17H2,1H3. The van der Waals surface area contributed by atoms with Crippen LogP contribution in [0.4, 0.5) is 5.69 Å². The van der Waals surface area contributed by atoms with E-state index in [1.165, 1.54) is 6.42 Å². The molecule has 114 valence electrons. The minimum atomic E-state index is -0.454. The number of carbonyl (C=O) groups excluding carboxylic acids is 2. The number of carbonyl (C=O) groups is 2. The lowest BCUT2D eigenvalue weighted by Crippen LogP contribution is -2.34. The summed E-state index contributed by atoms with van der Waals surface area (Å²) in [6.45, 7) is 4.40. The molecule has 0 aromatic heterocycles. The van der Waals surface area contributed by atoms with Crippen molar-refractivity contribution in [1.82, 2.24) is 4.90 Å². The number of anilines is 1. The van der Waals surface area contributed by atoms with Gasteiger partial charge in [-0.25, -0.2) is 4.79 Å². The van der Waals surface area contributed by atoms with Crippen molar-refractivity contribution in [3.05, 3.63) is 29.3 Å². The van der Waals surface area contributed by atoms with Crippen LogP contribution in [0.1, 0.15) is 46.9 Å². The largest absolute Gasteiger partial charge is 0.462 e. The molecule has 5 nitrogen and oxygen atoms in total. The SMILES string of the molecule is CCOC(=O)c1ccc(C(=O)CN2CCCCC2)cc1N. The first-order chi connectivity index (χ1) is 10.1. The van der Waals surface area contributed by atoms with Crippen LogP contribution < -0.4 is 5.73 Å². The van der Waals surface area contributed by atoms with Gasteiger partial charge in [-0.05, 0) is 45.0 Å². The van der Waals surface area contributed by atoms with E-state index in [-0.39, 0.29) is 11.5 Å². The number of esters is 1. The zero-order valence-corrected chi connectivity index (χ0v) is 12.4. The first kappa shape index (κ1) is 15.5. The highest BCUT2D eigenvalue weighted by atomic mass is 16.5. The molecule has 0 saturated carbocycles. The van der Waals surface area contributed by atoms with Crippen molar-refractivity contribution in [1.29, 1.82) is 0 Å². The van der Waals surface area contributed by atoms with Gasteiger partial charge in [-0.1, -0.05) is 12.5 Å². The molecule has 0 aliphatic carbocycles. The Labute approximate surface area is 125 Å². The lowest BCUT2D eigenvalue weighted by molar-refractivity contribution is 0.0527. The zero-order chi connectivity index (χ0) is 15.2. The van der Waals surface area contributed by atoms with E-state index in [0.29, 0.717) is 24.3 Å². The van der Waals surface area contributed by atoms with Crippen molar-refractivity contribution in [2.45, 2.75) is 26.2 Å². The lowest BCUT2D eigenvalue weighted by Gasteiger charge is -2.25. The zero-order valence-electron chi connectivity index (χ0n) is 12.4. The average molecular weight is 290 g/mol. The van der Waals surface area contributed by atoms with Crippen molar-refractivity contribution in [3.63, 3.8) is 0 Å². The molecule has 1 aromatic carbocycles. The van der Waals surface area contributed by atoms with E-state index >= 15 is 0 Å². The molecule has 2 N–H and O–H groups in total. The van der Waals surface area contributed by atoms with Crippen LogP contribution in [0.5, 0.6) is 0 Å². The van der Waals surface area contributed by atoms with Gasteiger partial charge in [-0.2, -0.15) is 0 Å². The molecule has 21 heavy (non-hydrogen) atoms. The number of Topliss-reactive ketones (excluding diaryl/α,β-unsaturated/α-hetero) is 1. The Kier molecular flexibility index (Phi) is 5.33. The molecule has 0 radical (unpaired) electrons. The fourth-order valence-corrected chi connectivity index (χ4v) is 2.54. The van der Waals surface area contributed by atoms with Gasteiger partial charge in [0.2, 0.25) is 0 Å². The number of piperidine rings is 1. The Morgan fingerprint density at radius 2 is 1.95 bits per heavy atom. The fraction of sp³-hybridized carbons (Fsp3) is 0.500. The summed E-state index contributed by atoms with van der Waals surface area (Å²) in [6.07, 6.45) is 3.54. The molecule has 0 unspecified atom stereocenters. The molecule has 0 spiro atoms. The molecule has 1 fully saturated rings. The number of nitrogen functional groups attached to an aromatic ring is 1. The molecular weight excluding hydrogens is 268 g/mol. The highest BCUT2D eigenvalue weighted by Gasteiger charge is 2.17. The summed E-state index contributed by atoms with van der Waals surface area (Å²) in [5.74, 6) is -0.413. The van der Waals surface area contributed by atoms with Crippen LogP contribution in [-0.4, -0.2) is 42.9 Å². The van der Waals surface area contributed by atoms with Crippen LogP contribution in [-0.2, 0) is 4.74 Å². The summed E-state index contributed by atoms with van der Waals surface area (Å²) >= 11 is 0. The number of likely N-dealkylation sites (tertiary alicyclic amines) is 1. The maximum absolute atomic E-state index is 12.3. The van der Waals surface area contributed by atoms with Crippen LogP contribution in [0.25, 0.3) is 0 Å². The number of hydrogen-bond acceptors (Lipinski definition) is 5. The van der Waals surface area contributed by atoms with Gasteiger partial charge in [-0.15, -0.1) is 0 Å². The summed E-state index contributed by atoms with van der Waals surface area (Å²) in [6, 6.07) is 4.78. The number of rotatable bonds is 5. The third-order valence-electron chi connectivity index (χ3n) is 3.68. The quantitative estimate of drug-likeness (QED) is 0.511. The maximum atomic E-state index is 12.3. The molecule has 0 bridgehead atoms. The predicted molar refractivity (Wildman–Crippen MR) is 81.4 cm³/mol. The number of nitrogens with two attached hydrogens (primary N) is 1. The summed E-state index contributed by atoms with van der Waals surface area (Å²) in [4.78, 5) is 26.1. The first-order valence-electron chi connectivity index (χ1n) is 7.44. The van der Waals surface area contributed by atoms with E-state index < -0.39 is 5.97 Å². The first-order valence-corrected chi connectivity index (χ1v) is 7.44. The number of benzene rings is 1. The van der Waals surface area contributed by atoms with Crippen molar-refractivity contribution in [2.75, 3.05) is 32.0 Å². The molecule has 1 heterocycles. The van der Waals surface area contributed by atoms with E-state index in [1.54, 1.807) is 25.1 Å². The fourth-order valence-electron chi connectivity index (χ4n) is 2.54. The maximum Gasteiger partial charge on any atom is 0.340 e. The third kappa shape index (κ3) is 4.04. The van der Waals surface area contributed by atoms with E-state index in [0.717, 1.165) is 25.9 Å². The van der Waals surface area contributed by atoms with Crippen molar-refractivity contribution < 1.29 is 14.3 Å². The molecule has 1 aliphatic heterocycles. The monoisotopic (exact) mass is 290 g/mol. The molecule has 1 aromatic rings. The second-order valence-corrected chi connectivity index (χ2v) is 5.28. The Morgan fingerprint density at radius 3 is 2.57 bits per heavy atom. The van der Waals surface area contributed by atoms with Crippen LogP contribution in [0.15, 0.2) is 18.2 Å². The molecule has 0 amide bonds. The topological polar surface area (TPSA) is 72.6 Å². The Hall–Kier alpha value is -1.88. The van der Waals surface area contributed by atoms with Gasteiger partial charge in [0.05, 0.1) is 18.7 Å². The van der Waals surface area contributed by atoms with Gasteiger partial charge in [0, 0.05) is 11.3 Å². The average Bonchev–Trinajstić information content (AvgIpc) is 2.48. The molecule has 2 rings (SSSR count). The second-order valence-electron chi connectivity index (χ2n) is 5.28. The highest BCUT2D eigenvalue weighted by Crippen LogP contribution is 2.17. The van der Waals surface area contributed by atoms with E-state index in [2.05, 4.69) is 4.90 Å². The molecule has 1 saturated heterocycles. The smallest absolute Gasteiger partial charge is 0.340 e. The van der Waals surface area contributed by atoms with Crippen LogP contribution in [0.2, 0.25) is 0 Å². The van der Waals surface area contributed by atoms with Gasteiger partial charge < -0.3 is 10.5 Å². The summed E-state index contributed by atoms with van der Waals surface area (Å²) in [5.41, 5.74) is 7.01. The molecule has 0 atom stereocenters. The van der Waals surface area contributed by atoms with E-state index in [1.807, 2.05) is 0 Å². The van der Waals surface area contributed by atoms with Gasteiger partial charge in [0.1, 0.15) is 0 Å². The predicted octanol–water partition coefficient (Wildman–Crippen LogP) is 2.11. The minimum Gasteiger partial charge on any atom is -0.462 e. The summed E-state index contributed by atoms with van der Waals surface area (Å²) in [5, 5.41) is 0. The Bertz CT molecular complexity index is 522. The normalized spacial score (nSPS) is 15.7. The molecular formula is C16H22N2O3. The van der Waals surface area contributed by atoms with E-state index in [9.17, 15) is 9.59 Å². The van der Waals surface area contributed by atoms with Crippen LogP contribution in [0.3, 0.4) is 0 Å². The van der Waals surface area contributed by atoms with Crippen LogP contribution in [0, 0.1) is 0 Å². The van der Waals surface area contributed by atoms with Crippen molar-refractivity contribution in [2.24, 2.45) is 0 Å². The van der Waals surface area contributed by atoms with E-state index in [4.69, 9.17) is 10.5 Å². The number of nitrogens with zero attached hydrogens (tertiary/aromatic N) is 1. The van der Waals surface area contributed by atoms with Crippen molar-refractivity contribution in [3.8, 4) is 0 Å². The number of hydrogen-bond donors (Lipinski definition) is 1. The minimum absolute atomic E-state index is 0.0407. The summed E-state index contributed by atoms with van der Waals surface area (Å²) < 4.78 is 4.92. The van der Waals surface area contributed by atoms with Gasteiger partial charge in [0.25, 0.3) is 0 Å². The lowest BCUT2D eigenvalue weighted by atomic mass is 10.0. The summed E-state index contributed by atoms with van der Waals surface area (Å²) in [7, 11) is 0. The Morgan fingerprint density at radius 1 is 1.24 bits per heavy atom. The van der Waals surface area contributed by atoms with Gasteiger partial charge in [0.15, 0.2) is 5.78 Å². The molecule has 1 aliphatic rings. The molecule has 5 heteroatoms. The number of ether oxygens (including phenoxy) is 1. The van der Waals surface area contributed by atoms with Gasteiger partial charge in [-0.3, -0.25) is 9.69 Å². The van der Waals surface area contributed by atoms with Crippen LogP contribution >= 0.6 is 0 Å². The van der Waals surface area contributed by atoms with Gasteiger partial charge >= 0.3 is 5.97 Å². The third-order valence-corrected chi connectivity index (χ3v) is 3.68. The highest BCUT2D eigenvalue weighted by molar-refractivity contribution is 6.01. The van der Waals surface area contributed by atoms with Crippen molar-refractivity contribution >= 4 is 17.4 Å².